The third-order valence-corrected chi connectivity index (χ3v) is 3.67. The smallest absolute Gasteiger partial charge is 0.237 e. The first-order valence-electron chi connectivity index (χ1n) is 7.11. The molecule has 1 amide bonds. The summed E-state index contributed by atoms with van der Waals surface area (Å²) >= 11 is 0. The van der Waals surface area contributed by atoms with Gasteiger partial charge in [0.05, 0.1) is 12.1 Å². The van der Waals surface area contributed by atoms with E-state index in [-0.39, 0.29) is 35.8 Å². The molecule has 1 heterocycles. The number of hydrogen-bond acceptors (Lipinski definition) is 4. The maximum absolute atomic E-state index is 12.0. The van der Waals surface area contributed by atoms with Gasteiger partial charge in [0.15, 0.2) is 0 Å². The molecule has 0 aromatic heterocycles. The van der Waals surface area contributed by atoms with E-state index >= 15 is 0 Å². The summed E-state index contributed by atoms with van der Waals surface area (Å²) < 4.78 is 5.27. The molecule has 2 unspecified atom stereocenters. The topological polar surface area (TPSA) is 84.6 Å². The number of ether oxygens (including phenoxy) is 1. The molecule has 4 N–H and O–H groups in total. The van der Waals surface area contributed by atoms with Crippen LogP contribution in [-0.4, -0.2) is 42.9 Å². The highest BCUT2D eigenvalue weighted by molar-refractivity contribution is 5.85. The highest BCUT2D eigenvalue weighted by Crippen LogP contribution is 2.22. The number of rotatable bonds is 6. The molecule has 6 heteroatoms. The van der Waals surface area contributed by atoms with E-state index in [1.165, 1.54) is 0 Å². The molecular weight excluding hydrogens is 280 g/mol. The molecule has 0 saturated carbocycles. The van der Waals surface area contributed by atoms with Crippen LogP contribution in [-0.2, 0) is 9.53 Å². The molecule has 0 bridgehead atoms. The van der Waals surface area contributed by atoms with E-state index in [1.54, 1.807) is 6.92 Å². The summed E-state index contributed by atoms with van der Waals surface area (Å²) in [5.41, 5.74) is 5.88. The second-order valence-corrected chi connectivity index (χ2v) is 6.41. The average molecular weight is 309 g/mol. The van der Waals surface area contributed by atoms with E-state index in [9.17, 15) is 9.90 Å². The van der Waals surface area contributed by atoms with Crippen LogP contribution in [0.1, 0.15) is 40.0 Å². The second-order valence-electron chi connectivity index (χ2n) is 6.41. The molecule has 20 heavy (non-hydrogen) atoms. The van der Waals surface area contributed by atoms with E-state index < -0.39 is 6.04 Å². The molecule has 0 aromatic carbocycles. The van der Waals surface area contributed by atoms with Gasteiger partial charge in [-0.2, -0.15) is 0 Å². The zero-order chi connectivity index (χ0) is 14.5. The van der Waals surface area contributed by atoms with E-state index in [0.29, 0.717) is 26.2 Å². The molecule has 1 fully saturated rings. The van der Waals surface area contributed by atoms with E-state index in [0.717, 1.165) is 12.8 Å². The van der Waals surface area contributed by atoms with Gasteiger partial charge in [-0.3, -0.25) is 4.79 Å². The van der Waals surface area contributed by atoms with Crippen LogP contribution in [0.3, 0.4) is 0 Å². The molecule has 0 spiro atoms. The van der Waals surface area contributed by atoms with Gasteiger partial charge in [0.25, 0.3) is 0 Å². The summed E-state index contributed by atoms with van der Waals surface area (Å²) in [6.07, 6.45) is 1.99. The molecule has 2 atom stereocenters. The maximum atomic E-state index is 12.0. The largest absolute Gasteiger partial charge is 0.393 e. The predicted molar refractivity (Wildman–Crippen MR) is 81.9 cm³/mol. The molecule has 0 aromatic rings. The van der Waals surface area contributed by atoms with Crippen LogP contribution in [0.4, 0.5) is 0 Å². The third-order valence-electron chi connectivity index (χ3n) is 3.67. The highest BCUT2D eigenvalue weighted by Gasteiger charge is 2.28. The van der Waals surface area contributed by atoms with E-state index in [2.05, 4.69) is 5.32 Å². The Bertz CT molecular complexity index is 292. The highest BCUT2D eigenvalue weighted by atomic mass is 35.5. The molecule has 1 saturated heterocycles. The predicted octanol–water partition coefficient (Wildman–Crippen LogP) is 1.08. The molecule has 1 aliphatic heterocycles. The van der Waals surface area contributed by atoms with Gasteiger partial charge < -0.3 is 20.9 Å². The summed E-state index contributed by atoms with van der Waals surface area (Å²) in [6.45, 7) is 7.74. The van der Waals surface area contributed by atoms with Crippen LogP contribution in [0.25, 0.3) is 0 Å². The summed E-state index contributed by atoms with van der Waals surface area (Å²) in [5, 5.41) is 12.3. The zero-order valence-electron chi connectivity index (χ0n) is 12.7. The van der Waals surface area contributed by atoms with Gasteiger partial charge in [-0.05, 0) is 37.5 Å². The first-order valence-corrected chi connectivity index (χ1v) is 7.11. The minimum Gasteiger partial charge on any atom is -0.393 e. The van der Waals surface area contributed by atoms with Gasteiger partial charge >= 0.3 is 0 Å². The standard InChI is InChI=1S/C14H28N2O3.ClH/c1-10(17)8-14(2,3)9-16-13(18)12(15)11-4-6-19-7-5-11;/h10-12,17H,4-9,15H2,1-3H3,(H,16,18);1H. The normalized spacial score (nSPS) is 19.9. The van der Waals surface area contributed by atoms with Gasteiger partial charge in [-0.15, -0.1) is 12.4 Å². The van der Waals surface area contributed by atoms with Crippen LogP contribution in [0.15, 0.2) is 0 Å². The average Bonchev–Trinajstić information content (AvgIpc) is 2.34. The molecule has 0 radical (unpaired) electrons. The van der Waals surface area contributed by atoms with Crippen LogP contribution in [0, 0.1) is 11.3 Å². The zero-order valence-corrected chi connectivity index (χ0v) is 13.5. The van der Waals surface area contributed by atoms with Crippen LogP contribution in [0.5, 0.6) is 0 Å². The van der Waals surface area contributed by atoms with Crippen molar-refractivity contribution in [2.45, 2.75) is 52.2 Å². The van der Waals surface area contributed by atoms with Gasteiger partial charge in [0.1, 0.15) is 0 Å². The van der Waals surface area contributed by atoms with Crippen molar-refractivity contribution in [2.24, 2.45) is 17.1 Å². The van der Waals surface area contributed by atoms with Gasteiger partial charge in [-0.25, -0.2) is 0 Å². The first-order chi connectivity index (χ1) is 8.82. The molecule has 1 aliphatic rings. The van der Waals surface area contributed by atoms with Crippen molar-refractivity contribution in [2.75, 3.05) is 19.8 Å². The van der Waals surface area contributed by atoms with Crippen molar-refractivity contribution in [3.63, 3.8) is 0 Å². The molecule has 1 rings (SSSR count). The minimum atomic E-state index is -0.453. The summed E-state index contributed by atoms with van der Waals surface area (Å²) in [4.78, 5) is 12.0. The van der Waals surface area contributed by atoms with Crippen molar-refractivity contribution >= 4 is 18.3 Å². The third kappa shape index (κ3) is 6.88. The Hall–Kier alpha value is -0.360. The maximum Gasteiger partial charge on any atom is 0.237 e. The molecule has 120 valence electrons. The van der Waals surface area contributed by atoms with Gasteiger partial charge in [0, 0.05) is 19.8 Å². The minimum absolute atomic E-state index is 0. The lowest BCUT2D eigenvalue weighted by Gasteiger charge is -2.30. The van der Waals surface area contributed by atoms with Crippen molar-refractivity contribution in [3.8, 4) is 0 Å². The summed E-state index contributed by atoms with van der Waals surface area (Å²) in [5.74, 6) is 0.124. The Morgan fingerprint density at radius 1 is 1.45 bits per heavy atom. The van der Waals surface area contributed by atoms with Crippen molar-refractivity contribution in [1.29, 1.82) is 0 Å². The van der Waals surface area contributed by atoms with Crippen molar-refractivity contribution in [1.82, 2.24) is 5.32 Å². The quantitative estimate of drug-likeness (QED) is 0.685. The number of carbonyl (C=O) groups is 1. The Balaban J connectivity index is 0.00000361. The van der Waals surface area contributed by atoms with Crippen molar-refractivity contribution < 1.29 is 14.6 Å². The summed E-state index contributed by atoms with van der Waals surface area (Å²) in [7, 11) is 0. The number of amides is 1. The van der Waals surface area contributed by atoms with E-state index in [1.807, 2.05) is 13.8 Å². The number of carbonyl (C=O) groups excluding carboxylic acids is 1. The summed E-state index contributed by atoms with van der Waals surface area (Å²) in [6, 6.07) is -0.453. The lowest BCUT2D eigenvalue weighted by molar-refractivity contribution is -0.124. The van der Waals surface area contributed by atoms with Gasteiger partial charge in [0.2, 0.25) is 5.91 Å². The van der Waals surface area contributed by atoms with Gasteiger partial charge in [-0.1, -0.05) is 13.8 Å². The number of aliphatic hydroxyl groups is 1. The van der Waals surface area contributed by atoms with Crippen LogP contribution in [0.2, 0.25) is 0 Å². The van der Waals surface area contributed by atoms with Crippen molar-refractivity contribution in [3.05, 3.63) is 0 Å². The Morgan fingerprint density at radius 3 is 2.50 bits per heavy atom. The number of nitrogens with two attached hydrogens (primary N) is 1. The first kappa shape index (κ1) is 19.6. The lowest BCUT2D eigenvalue weighted by atomic mass is 9.86. The fourth-order valence-electron chi connectivity index (χ4n) is 2.61. The molecular formula is C14H29ClN2O3. The number of nitrogens with one attached hydrogen (secondary N) is 1. The Morgan fingerprint density at radius 2 is 2.00 bits per heavy atom. The Kier molecular flexibility index (Phi) is 8.66. The van der Waals surface area contributed by atoms with Crippen LogP contribution >= 0.6 is 12.4 Å². The van der Waals surface area contributed by atoms with Crippen LogP contribution < -0.4 is 11.1 Å². The monoisotopic (exact) mass is 308 g/mol. The number of aliphatic hydroxyl groups excluding tert-OH is 1. The Labute approximate surface area is 128 Å². The molecule has 0 aliphatic carbocycles. The number of hydrogen-bond donors (Lipinski definition) is 3. The molecule has 5 nitrogen and oxygen atoms in total. The lowest BCUT2D eigenvalue weighted by Crippen LogP contribution is -2.49. The second kappa shape index (κ2) is 8.82. The fourth-order valence-corrected chi connectivity index (χ4v) is 2.61. The van der Waals surface area contributed by atoms with E-state index in [4.69, 9.17) is 10.5 Å². The number of halogens is 1. The fraction of sp³-hybridized carbons (Fsp3) is 0.929. The SMILES string of the molecule is CC(O)CC(C)(C)CNC(=O)C(N)C1CCOCC1.Cl.